The molecule has 1 saturated heterocycles. The van der Waals surface area contributed by atoms with Gasteiger partial charge >= 0.3 is 0 Å². The first kappa shape index (κ1) is 20.1. The maximum Gasteiger partial charge on any atom is 0.236 e. The van der Waals surface area contributed by atoms with Crippen LogP contribution in [-0.2, 0) is 16.0 Å². The van der Waals surface area contributed by atoms with Crippen LogP contribution >= 0.6 is 0 Å². The minimum absolute atomic E-state index is 0.0393. The molecule has 0 radical (unpaired) electrons. The summed E-state index contributed by atoms with van der Waals surface area (Å²) in [6.07, 6.45) is 1.64. The van der Waals surface area contributed by atoms with Gasteiger partial charge in [0.05, 0.1) is 19.1 Å². The fourth-order valence-electron chi connectivity index (χ4n) is 3.68. The molecule has 0 aromatic heterocycles. The third kappa shape index (κ3) is 5.67. The van der Waals surface area contributed by atoms with E-state index in [-0.39, 0.29) is 24.4 Å². The molecule has 148 valence electrons. The fraction of sp³-hybridized carbons (Fsp3) is 0.391. The minimum Gasteiger partial charge on any atom is -0.348 e. The molecule has 0 saturated carbocycles. The van der Waals surface area contributed by atoms with Gasteiger partial charge in [0.25, 0.3) is 0 Å². The summed E-state index contributed by atoms with van der Waals surface area (Å²) in [6, 6.07) is 20.1. The van der Waals surface area contributed by atoms with Crippen LogP contribution in [0.4, 0.5) is 0 Å². The van der Waals surface area contributed by atoms with E-state index in [4.69, 9.17) is 0 Å². The largest absolute Gasteiger partial charge is 0.348 e. The molecule has 2 aromatic carbocycles. The molecule has 1 aliphatic rings. The number of hydrogen-bond donors (Lipinski definition) is 1. The molecule has 1 N–H and O–H groups in total. The Morgan fingerprint density at radius 2 is 1.71 bits per heavy atom. The van der Waals surface area contributed by atoms with Crippen LogP contribution in [0.25, 0.3) is 0 Å². The van der Waals surface area contributed by atoms with E-state index in [1.165, 1.54) is 5.56 Å². The summed E-state index contributed by atoms with van der Waals surface area (Å²) in [6.45, 7) is 4.83. The molecule has 0 aliphatic carbocycles. The number of nitrogens with one attached hydrogen (secondary N) is 1. The molecule has 5 nitrogen and oxygen atoms in total. The van der Waals surface area contributed by atoms with E-state index in [0.29, 0.717) is 6.54 Å². The first-order valence-corrected chi connectivity index (χ1v) is 10.0. The van der Waals surface area contributed by atoms with E-state index in [1.54, 1.807) is 0 Å². The summed E-state index contributed by atoms with van der Waals surface area (Å²) in [4.78, 5) is 28.9. The standard InChI is InChI=1S/C23H29N3O2/c1-2-26-15-9-14-25(18-23(26)28)17-22(27)24-21(20-12-7-4-8-13-20)16-19-10-5-3-6-11-19/h3-8,10-13,21H,2,9,14-18H2,1H3,(H,24,27)/t21-/m0/s1. The second-order valence-electron chi connectivity index (χ2n) is 7.26. The Balaban J connectivity index is 1.65. The van der Waals surface area contributed by atoms with Gasteiger partial charge in [0.1, 0.15) is 0 Å². The van der Waals surface area contributed by atoms with E-state index < -0.39 is 0 Å². The van der Waals surface area contributed by atoms with Crippen LogP contribution in [0.2, 0.25) is 0 Å². The zero-order valence-corrected chi connectivity index (χ0v) is 16.5. The zero-order chi connectivity index (χ0) is 19.8. The van der Waals surface area contributed by atoms with Crippen molar-refractivity contribution in [2.24, 2.45) is 0 Å². The summed E-state index contributed by atoms with van der Waals surface area (Å²) < 4.78 is 0. The van der Waals surface area contributed by atoms with Crippen LogP contribution in [0, 0.1) is 0 Å². The maximum absolute atomic E-state index is 12.8. The molecule has 5 heteroatoms. The average Bonchev–Trinajstić information content (AvgIpc) is 2.89. The second-order valence-corrected chi connectivity index (χ2v) is 7.26. The summed E-state index contributed by atoms with van der Waals surface area (Å²) in [7, 11) is 0. The number of carbonyl (C=O) groups is 2. The van der Waals surface area contributed by atoms with E-state index in [9.17, 15) is 9.59 Å². The van der Waals surface area contributed by atoms with Gasteiger partial charge in [0, 0.05) is 19.6 Å². The summed E-state index contributed by atoms with van der Waals surface area (Å²) in [5.41, 5.74) is 2.27. The van der Waals surface area contributed by atoms with Gasteiger partial charge in [-0.15, -0.1) is 0 Å². The van der Waals surface area contributed by atoms with Crippen LogP contribution < -0.4 is 5.32 Å². The van der Waals surface area contributed by atoms with Crippen LogP contribution in [0.1, 0.15) is 30.5 Å². The Morgan fingerprint density at radius 3 is 2.39 bits per heavy atom. The van der Waals surface area contributed by atoms with Crippen LogP contribution in [0.3, 0.4) is 0 Å². The van der Waals surface area contributed by atoms with Gasteiger partial charge in [-0.25, -0.2) is 0 Å². The first-order valence-electron chi connectivity index (χ1n) is 10.0. The lowest BCUT2D eigenvalue weighted by Gasteiger charge is -2.23. The lowest BCUT2D eigenvalue weighted by molar-refractivity contribution is -0.131. The van der Waals surface area contributed by atoms with Gasteiger partial charge in [-0.1, -0.05) is 60.7 Å². The highest BCUT2D eigenvalue weighted by Gasteiger charge is 2.23. The molecule has 1 atom stereocenters. The molecule has 2 aromatic rings. The Labute approximate surface area is 167 Å². The molecule has 1 heterocycles. The van der Waals surface area contributed by atoms with Crippen molar-refractivity contribution in [2.75, 3.05) is 32.7 Å². The van der Waals surface area contributed by atoms with E-state index in [2.05, 4.69) is 17.4 Å². The number of carbonyl (C=O) groups excluding carboxylic acids is 2. The van der Waals surface area contributed by atoms with Crippen molar-refractivity contribution in [1.29, 1.82) is 0 Å². The van der Waals surface area contributed by atoms with Crippen molar-refractivity contribution < 1.29 is 9.59 Å². The predicted octanol–water partition coefficient (Wildman–Crippen LogP) is 2.64. The third-order valence-corrected chi connectivity index (χ3v) is 5.18. The van der Waals surface area contributed by atoms with Crippen molar-refractivity contribution in [1.82, 2.24) is 15.1 Å². The molecule has 0 spiro atoms. The third-order valence-electron chi connectivity index (χ3n) is 5.18. The average molecular weight is 380 g/mol. The van der Waals surface area contributed by atoms with Crippen LogP contribution in [0.15, 0.2) is 60.7 Å². The fourth-order valence-corrected chi connectivity index (χ4v) is 3.68. The van der Waals surface area contributed by atoms with Crippen molar-refractivity contribution in [3.8, 4) is 0 Å². The van der Waals surface area contributed by atoms with Gasteiger partial charge in [-0.3, -0.25) is 14.5 Å². The van der Waals surface area contributed by atoms with Crippen molar-refractivity contribution in [3.05, 3.63) is 71.8 Å². The van der Waals surface area contributed by atoms with Gasteiger partial charge in [0.2, 0.25) is 11.8 Å². The smallest absolute Gasteiger partial charge is 0.236 e. The Morgan fingerprint density at radius 1 is 1.04 bits per heavy atom. The molecule has 3 rings (SSSR count). The number of nitrogens with zero attached hydrogens (tertiary/aromatic N) is 2. The van der Waals surface area contributed by atoms with E-state index >= 15 is 0 Å². The van der Waals surface area contributed by atoms with E-state index in [0.717, 1.165) is 38.0 Å². The predicted molar refractivity (Wildman–Crippen MR) is 111 cm³/mol. The Kier molecular flexibility index (Phi) is 7.20. The van der Waals surface area contributed by atoms with Crippen molar-refractivity contribution in [3.63, 3.8) is 0 Å². The van der Waals surface area contributed by atoms with E-state index in [1.807, 2.05) is 65.3 Å². The number of rotatable bonds is 7. The highest BCUT2D eigenvalue weighted by molar-refractivity contribution is 5.81. The van der Waals surface area contributed by atoms with Gasteiger partial charge in [-0.05, 0) is 30.9 Å². The van der Waals surface area contributed by atoms with Crippen LogP contribution in [0.5, 0.6) is 0 Å². The normalized spacial score (nSPS) is 16.5. The molecule has 0 bridgehead atoms. The topological polar surface area (TPSA) is 52.6 Å². The van der Waals surface area contributed by atoms with Gasteiger partial charge < -0.3 is 10.2 Å². The van der Waals surface area contributed by atoms with Gasteiger partial charge in [0.15, 0.2) is 0 Å². The highest BCUT2D eigenvalue weighted by atomic mass is 16.2. The number of hydrogen-bond acceptors (Lipinski definition) is 3. The van der Waals surface area contributed by atoms with Gasteiger partial charge in [-0.2, -0.15) is 0 Å². The molecule has 1 aliphatic heterocycles. The Bertz CT molecular complexity index is 764. The number of likely N-dealkylation sites (N-methyl/N-ethyl adjacent to an activating group) is 1. The van der Waals surface area contributed by atoms with Crippen LogP contribution in [-0.4, -0.2) is 54.3 Å². The number of amides is 2. The minimum atomic E-state index is -0.0917. The molecule has 28 heavy (non-hydrogen) atoms. The lowest BCUT2D eigenvalue weighted by atomic mass is 9.99. The summed E-state index contributed by atoms with van der Waals surface area (Å²) in [5.74, 6) is 0.0687. The summed E-state index contributed by atoms with van der Waals surface area (Å²) in [5, 5.41) is 3.18. The molecule has 0 unspecified atom stereocenters. The SMILES string of the molecule is CCN1CCCN(CC(=O)N[C@@H](Cc2ccccc2)c2ccccc2)CC1=O. The zero-order valence-electron chi connectivity index (χ0n) is 16.5. The molecular formula is C23H29N3O2. The quantitative estimate of drug-likeness (QED) is 0.805. The summed E-state index contributed by atoms with van der Waals surface area (Å²) >= 11 is 0. The first-order chi connectivity index (χ1) is 13.7. The van der Waals surface area contributed by atoms with Crippen molar-refractivity contribution in [2.45, 2.75) is 25.8 Å². The highest BCUT2D eigenvalue weighted by Crippen LogP contribution is 2.18. The van der Waals surface area contributed by atoms with Crippen molar-refractivity contribution >= 4 is 11.8 Å². The monoisotopic (exact) mass is 379 g/mol. The number of benzene rings is 2. The lowest BCUT2D eigenvalue weighted by Crippen LogP contribution is -2.42. The molecule has 1 fully saturated rings. The second kappa shape index (κ2) is 10.0. The maximum atomic E-state index is 12.8. The molecular weight excluding hydrogens is 350 g/mol. The molecule has 2 amide bonds. The Hall–Kier alpha value is -2.66.